The Labute approximate surface area is 89.4 Å². The van der Waals surface area contributed by atoms with Gasteiger partial charge >= 0.3 is 0 Å². The largest absolute Gasteiger partial charge is 0.483 e. The summed E-state index contributed by atoms with van der Waals surface area (Å²) in [5.74, 6) is 0.402. The van der Waals surface area contributed by atoms with E-state index in [1.807, 2.05) is 0 Å². The molecule has 1 heterocycles. The Morgan fingerprint density at radius 3 is 2.71 bits per heavy atom. The lowest BCUT2D eigenvalue weighted by Crippen LogP contribution is -2.21. The molecule has 0 N–H and O–H groups in total. The molecule has 0 atom stereocenters. The van der Waals surface area contributed by atoms with Crippen LogP contribution < -0.4 is 4.74 Å². The summed E-state index contributed by atoms with van der Waals surface area (Å²) in [5, 5.41) is 0. The van der Waals surface area contributed by atoms with Gasteiger partial charge in [-0.15, -0.1) is 0 Å². The van der Waals surface area contributed by atoms with Crippen LogP contribution in [0, 0.1) is 6.92 Å². The maximum atomic E-state index is 12.2. The minimum absolute atomic E-state index is 0.402. The number of aryl methyl sites for hydroxylation is 1. The summed E-state index contributed by atoms with van der Waals surface area (Å²) in [6.07, 6.45) is 0.562. The molecule has 0 aliphatic rings. The molecular formula is C9H10BrF2NO. The molecule has 2 nitrogen and oxygen atoms in total. The molecule has 0 aliphatic carbocycles. The molecule has 0 saturated carbocycles. The molecule has 0 radical (unpaired) electrons. The first kappa shape index (κ1) is 11.4. The number of hydrogen-bond acceptors (Lipinski definition) is 2. The summed E-state index contributed by atoms with van der Waals surface area (Å²) < 4.78 is 30.2. The first-order valence-corrected chi connectivity index (χ1v) is 4.87. The van der Waals surface area contributed by atoms with Crippen LogP contribution in [-0.4, -0.2) is 24.4 Å². The fourth-order valence-corrected chi connectivity index (χ4v) is 1.20. The van der Waals surface area contributed by atoms with Gasteiger partial charge < -0.3 is 4.74 Å². The highest BCUT2D eigenvalue weighted by Crippen LogP contribution is 2.21. The van der Waals surface area contributed by atoms with Gasteiger partial charge in [-0.05, 0) is 28.9 Å². The van der Waals surface area contributed by atoms with Crippen LogP contribution in [0.2, 0.25) is 0 Å². The van der Waals surface area contributed by atoms with Gasteiger partial charge in [0, 0.05) is 10.7 Å². The summed E-state index contributed by atoms with van der Waals surface area (Å²) in [7, 11) is 0. The zero-order valence-corrected chi connectivity index (χ0v) is 9.22. The third-order valence-electron chi connectivity index (χ3n) is 1.64. The molecule has 14 heavy (non-hydrogen) atoms. The van der Waals surface area contributed by atoms with Gasteiger partial charge in [-0.3, -0.25) is 4.98 Å². The van der Waals surface area contributed by atoms with Crippen molar-refractivity contribution in [2.45, 2.75) is 13.0 Å². The normalized spacial score (nSPS) is 10.6. The lowest BCUT2D eigenvalue weighted by Gasteiger charge is -2.13. The fraction of sp³-hybridized carbons (Fsp3) is 0.444. The first-order chi connectivity index (χ1) is 6.67. The Hall–Kier alpha value is -0.710. The van der Waals surface area contributed by atoms with E-state index < -0.39 is 19.5 Å². The third-order valence-corrected chi connectivity index (χ3v) is 2.08. The van der Waals surface area contributed by atoms with Gasteiger partial charge in [0.05, 0.1) is 5.69 Å². The van der Waals surface area contributed by atoms with Crippen molar-refractivity contribution in [3.05, 3.63) is 22.4 Å². The highest BCUT2D eigenvalue weighted by Gasteiger charge is 2.11. The zero-order chi connectivity index (χ0) is 10.6. The van der Waals surface area contributed by atoms with E-state index >= 15 is 0 Å². The topological polar surface area (TPSA) is 22.1 Å². The van der Waals surface area contributed by atoms with Crippen molar-refractivity contribution in [3.8, 4) is 5.75 Å². The molecule has 5 heteroatoms. The lowest BCUT2D eigenvalue weighted by molar-refractivity contribution is 0.132. The molecular weight excluding hydrogens is 256 g/mol. The molecule has 1 aromatic heterocycles. The van der Waals surface area contributed by atoms with E-state index in [1.165, 1.54) is 0 Å². The quantitative estimate of drug-likeness (QED) is 0.836. The Morgan fingerprint density at radius 1 is 1.50 bits per heavy atom. The summed E-state index contributed by atoms with van der Waals surface area (Å²) in [6.45, 7) is 0.0280. The van der Waals surface area contributed by atoms with Crippen LogP contribution in [0.3, 0.4) is 0 Å². The molecule has 0 aliphatic heterocycles. The van der Waals surface area contributed by atoms with Gasteiger partial charge in [0.25, 0.3) is 0 Å². The second-order valence-electron chi connectivity index (χ2n) is 2.79. The van der Waals surface area contributed by atoms with Gasteiger partial charge in [0.2, 0.25) is 0 Å². The SMILES string of the molecule is Cc1ncc(Br)cc1OC(CF)CF. The number of pyridine rings is 1. The minimum atomic E-state index is -1.04. The van der Waals surface area contributed by atoms with Gasteiger partial charge in [0.1, 0.15) is 19.1 Å². The van der Waals surface area contributed by atoms with E-state index in [2.05, 4.69) is 20.9 Å². The average molecular weight is 266 g/mol. The van der Waals surface area contributed by atoms with E-state index in [4.69, 9.17) is 4.74 Å². The average Bonchev–Trinajstić information content (AvgIpc) is 2.19. The van der Waals surface area contributed by atoms with Crippen molar-refractivity contribution < 1.29 is 13.5 Å². The van der Waals surface area contributed by atoms with E-state index in [0.29, 0.717) is 11.4 Å². The lowest BCUT2D eigenvalue weighted by atomic mass is 10.3. The molecule has 1 rings (SSSR count). The van der Waals surface area contributed by atoms with Crippen molar-refractivity contribution in [1.29, 1.82) is 0 Å². The van der Waals surface area contributed by atoms with Crippen LogP contribution in [0.5, 0.6) is 5.75 Å². The van der Waals surface area contributed by atoms with Crippen molar-refractivity contribution in [2.75, 3.05) is 13.3 Å². The Bertz CT molecular complexity index is 305. The molecule has 0 bridgehead atoms. The number of ether oxygens (including phenoxy) is 1. The van der Waals surface area contributed by atoms with E-state index in [9.17, 15) is 8.78 Å². The van der Waals surface area contributed by atoms with Gasteiger partial charge in [-0.2, -0.15) is 0 Å². The zero-order valence-electron chi connectivity index (χ0n) is 7.64. The monoisotopic (exact) mass is 265 g/mol. The predicted molar refractivity (Wildman–Crippen MR) is 53.0 cm³/mol. The molecule has 1 aromatic rings. The number of rotatable bonds is 4. The van der Waals surface area contributed by atoms with Crippen molar-refractivity contribution >= 4 is 15.9 Å². The summed E-state index contributed by atoms with van der Waals surface area (Å²) in [6, 6.07) is 1.64. The number of hydrogen-bond donors (Lipinski definition) is 0. The standard InChI is InChI=1S/C9H10BrF2NO/c1-6-9(2-7(10)5-13-6)14-8(3-11)4-12/h2,5,8H,3-4H2,1H3. The third kappa shape index (κ3) is 2.90. The molecule has 0 saturated heterocycles. The van der Waals surface area contributed by atoms with Gasteiger partial charge in [-0.25, -0.2) is 8.78 Å². The van der Waals surface area contributed by atoms with E-state index in [0.717, 1.165) is 4.47 Å². The second kappa shape index (κ2) is 5.24. The van der Waals surface area contributed by atoms with Crippen LogP contribution in [0.25, 0.3) is 0 Å². The van der Waals surface area contributed by atoms with Crippen molar-refractivity contribution in [3.63, 3.8) is 0 Å². The van der Waals surface area contributed by atoms with Crippen LogP contribution >= 0.6 is 15.9 Å². The van der Waals surface area contributed by atoms with Crippen LogP contribution in [0.4, 0.5) is 8.78 Å². The smallest absolute Gasteiger partial charge is 0.155 e. The molecule has 0 amide bonds. The molecule has 78 valence electrons. The van der Waals surface area contributed by atoms with Gasteiger partial charge in [0.15, 0.2) is 6.10 Å². The maximum Gasteiger partial charge on any atom is 0.155 e. The van der Waals surface area contributed by atoms with Crippen molar-refractivity contribution in [2.24, 2.45) is 0 Å². The maximum absolute atomic E-state index is 12.2. The summed E-state index contributed by atoms with van der Waals surface area (Å²) >= 11 is 3.20. The van der Waals surface area contributed by atoms with Crippen molar-refractivity contribution in [1.82, 2.24) is 4.98 Å². The second-order valence-corrected chi connectivity index (χ2v) is 3.70. The van der Waals surface area contributed by atoms with E-state index in [-0.39, 0.29) is 0 Å². The number of nitrogens with zero attached hydrogens (tertiary/aromatic N) is 1. The first-order valence-electron chi connectivity index (χ1n) is 4.08. The summed E-state index contributed by atoms with van der Waals surface area (Å²) in [4.78, 5) is 3.98. The molecule has 0 aromatic carbocycles. The molecule has 0 unspecified atom stereocenters. The van der Waals surface area contributed by atoms with Crippen LogP contribution in [-0.2, 0) is 0 Å². The highest BCUT2D eigenvalue weighted by molar-refractivity contribution is 9.10. The fourth-order valence-electron chi connectivity index (χ4n) is 0.892. The highest BCUT2D eigenvalue weighted by atomic mass is 79.9. The number of alkyl halides is 2. The van der Waals surface area contributed by atoms with Crippen LogP contribution in [0.15, 0.2) is 16.7 Å². The molecule has 0 spiro atoms. The Kier molecular flexibility index (Phi) is 4.25. The Balaban J connectivity index is 2.79. The Morgan fingerprint density at radius 2 is 2.14 bits per heavy atom. The van der Waals surface area contributed by atoms with Crippen LogP contribution in [0.1, 0.15) is 5.69 Å². The number of halogens is 3. The summed E-state index contributed by atoms with van der Waals surface area (Å²) in [5.41, 5.74) is 0.611. The molecule has 0 fully saturated rings. The van der Waals surface area contributed by atoms with E-state index in [1.54, 1.807) is 19.2 Å². The minimum Gasteiger partial charge on any atom is -0.483 e. The predicted octanol–water partition coefficient (Wildman–Crippen LogP) is 2.84. The number of aromatic nitrogens is 1. The van der Waals surface area contributed by atoms with Gasteiger partial charge in [-0.1, -0.05) is 0 Å².